The molecule has 3 N–H and O–H groups in total. The molecule has 2 aromatic rings. The van der Waals surface area contributed by atoms with Crippen molar-refractivity contribution in [1.82, 2.24) is 4.98 Å². The number of benzene rings is 1. The number of aryl methyl sites for hydroxylation is 1. The maximum Gasteiger partial charge on any atom is 0.145 e. The Hall–Kier alpha value is -2.10. The van der Waals surface area contributed by atoms with Gasteiger partial charge in [-0.05, 0) is 37.3 Å². The number of nitrogen functional groups attached to an aromatic ring is 1. The summed E-state index contributed by atoms with van der Waals surface area (Å²) in [5.41, 5.74) is 9.70. The Morgan fingerprint density at radius 1 is 1.32 bits per heavy atom. The van der Waals surface area contributed by atoms with E-state index < -0.39 is 0 Å². The Kier molecular flexibility index (Phi) is 2.85. The summed E-state index contributed by atoms with van der Waals surface area (Å²) < 4.78 is 5.38. The predicted octanol–water partition coefficient (Wildman–Crippen LogP) is 2.41. The van der Waals surface area contributed by atoms with Crippen LogP contribution < -0.4 is 10.5 Å². The molecule has 0 unspecified atom stereocenters. The normalized spacial score (nSPS) is 14.2. The Morgan fingerprint density at radius 3 is 2.84 bits per heavy atom. The van der Waals surface area contributed by atoms with Crippen molar-refractivity contribution < 1.29 is 4.74 Å². The third kappa shape index (κ3) is 1.84. The highest BCUT2D eigenvalue weighted by molar-refractivity contribution is 6.09. The molecule has 4 heteroatoms. The first-order valence-corrected chi connectivity index (χ1v) is 6.55. The van der Waals surface area contributed by atoms with Gasteiger partial charge in [-0.15, -0.1) is 0 Å². The van der Waals surface area contributed by atoms with Crippen LogP contribution in [0, 0.1) is 5.41 Å². The number of fused-ring (bicyclic) bond motifs is 2. The SMILES string of the molecule is COc1cccc2c(C(=N)N)c3c(nc12)CCCC3. The van der Waals surface area contributed by atoms with Gasteiger partial charge in [0.15, 0.2) is 0 Å². The van der Waals surface area contributed by atoms with Gasteiger partial charge in [0.25, 0.3) is 0 Å². The number of nitrogens with one attached hydrogen (secondary N) is 1. The monoisotopic (exact) mass is 255 g/mol. The van der Waals surface area contributed by atoms with Crippen LogP contribution in [-0.2, 0) is 12.8 Å². The van der Waals surface area contributed by atoms with Crippen molar-refractivity contribution >= 4 is 16.7 Å². The lowest BCUT2D eigenvalue weighted by Crippen LogP contribution is -2.19. The second-order valence-corrected chi connectivity index (χ2v) is 4.89. The van der Waals surface area contributed by atoms with Gasteiger partial charge in [0.05, 0.1) is 7.11 Å². The fourth-order valence-corrected chi connectivity index (χ4v) is 2.89. The van der Waals surface area contributed by atoms with Crippen LogP contribution in [0.15, 0.2) is 18.2 Å². The van der Waals surface area contributed by atoms with E-state index in [9.17, 15) is 0 Å². The maximum atomic E-state index is 7.89. The third-order valence-corrected chi connectivity index (χ3v) is 3.74. The fraction of sp³-hybridized carbons (Fsp3) is 0.333. The number of nitrogens with two attached hydrogens (primary N) is 1. The predicted molar refractivity (Wildman–Crippen MR) is 76.0 cm³/mol. The Balaban J connectivity index is 2.42. The molecule has 1 aliphatic rings. The summed E-state index contributed by atoms with van der Waals surface area (Å²) in [6.45, 7) is 0. The lowest BCUT2D eigenvalue weighted by Gasteiger charge is -2.20. The van der Waals surface area contributed by atoms with Crippen molar-refractivity contribution in [3.8, 4) is 5.75 Å². The van der Waals surface area contributed by atoms with Gasteiger partial charge < -0.3 is 10.5 Å². The minimum atomic E-state index is 0.124. The van der Waals surface area contributed by atoms with Crippen molar-refractivity contribution in [2.75, 3.05) is 7.11 Å². The molecular formula is C15H17N3O. The zero-order valence-electron chi connectivity index (χ0n) is 11.0. The highest BCUT2D eigenvalue weighted by atomic mass is 16.5. The smallest absolute Gasteiger partial charge is 0.145 e. The number of rotatable bonds is 2. The molecule has 0 aliphatic heterocycles. The highest BCUT2D eigenvalue weighted by Gasteiger charge is 2.20. The first-order chi connectivity index (χ1) is 9.22. The Labute approximate surface area is 112 Å². The molecule has 1 aliphatic carbocycles. The number of ether oxygens (including phenoxy) is 1. The van der Waals surface area contributed by atoms with Gasteiger partial charge in [-0.3, -0.25) is 5.41 Å². The van der Waals surface area contributed by atoms with E-state index in [0.29, 0.717) is 0 Å². The molecular weight excluding hydrogens is 238 g/mol. The van der Waals surface area contributed by atoms with Crippen molar-refractivity contribution in [3.05, 3.63) is 35.0 Å². The fourth-order valence-electron chi connectivity index (χ4n) is 2.89. The van der Waals surface area contributed by atoms with Gasteiger partial charge in [0.2, 0.25) is 0 Å². The number of nitrogens with zero attached hydrogens (tertiary/aromatic N) is 1. The van der Waals surface area contributed by atoms with Crippen LogP contribution in [0.25, 0.3) is 10.9 Å². The summed E-state index contributed by atoms with van der Waals surface area (Å²) in [6.07, 6.45) is 4.22. The standard InChI is InChI=1S/C15H17N3O/c1-19-12-8-4-6-10-13(15(16)17)9-5-2-3-7-11(9)18-14(10)12/h4,6,8H,2-3,5,7H2,1H3,(H3,16,17). The van der Waals surface area contributed by atoms with E-state index in [1.165, 1.54) is 0 Å². The Morgan fingerprint density at radius 2 is 2.11 bits per heavy atom. The molecule has 0 saturated heterocycles. The highest BCUT2D eigenvalue weighted by Crippen LogP contribution is 2.32. The van der Waals surface area contributed by atoms with E-state index in [1.54, 1.807) is 7.11 Å². The van der Waals surface area contributed by atoms with Crippen LogP contribution >= 0.6 is 0 Å². The average Bonchev–Trinajstić information content (AvgIpc) is 2.43. The number of hydrogen-bond donors (Lipinski definition) is 2. The zero-order valence-corrected chi connectivity index (χ0v) is 11.0. The molecule has 0 atom stereocenters. The van der Waals surface area contributed by atoms with E-state index in [2.05, 4.69) is 0 Å². The van der Waals surface area contributed by atoms with E-state index in [0.717, 1.165) is 59.2 Å². The lowest BCUT2D eigenvalue weighted by atomic mass is 9.89. The summed E-state index contributed by atoms with van der Waals surface area (Å²) >= 11 is 0. The zero-order chi connectivity index (χ0) is 13.4. The first kappa shape index (κ1) is 12.0. The molecule has 3 rings (SSSR count). The van der Waals surface area contributed by atoms with Crippen molar-refractivity contribution in [1.29, 1.82) is 5.41 Å². The largest absolute Gasteiger partial charge is 0.494 e. The number of hydrogen-bond acceptors (Lipinski definition) is 3. The molecule has 0 saturated carbocycles. The molecule has 0 spiro atoms. The van der Waals surface area contributed by atoms with Crippen LogP contribution in [0.4, 0.5) is 0 Å². The van der Waals surface area contributed by atoms with Gasteiger partial charge >= 0.3 is 0 Å². The minimum absolute atomic E-state index is 0.124. The summed E-state index contributed by atoms with van der Waals surface area (Å²) in [5, 5.41) is 8.82. The van der Waals surface area contributed by atoms with E-state index in [-0.39, 0.29) is 5.84 Å². The van der Waals surface area contributed by atoms with Crippen LogP contribution in [0.5, 0.6) is 5.75 Å². The molecule has 1 aromatic carbocycles. The van der Waals surface area contributed by atoms with Crippen molar-refractivity contribution in [2.45, 2.75) is 25.7 Å². The third-order valence-electron chi connectivity index (χ3n) is 3.74. The van der Waals surface area contributed by atoms with Crippen LogP contribution in [0.1, 0.15) is 29.7 Å². The summed E-state index contributed by atoms with van der Waals surface area (Å²) in [6, 6.07) is 5.79. The van der Waals surface area contributed by atoms with Crippen LogP contribution in [0.2, 0.25) is 0 Å². The van der Waals surface area contributed by atoms with Gasteiger partial charge in [0, 0.05) is 16.6 Å². The van der Waals surface area contributed by atoms with Crippen molar-refractivity contribution in [3.63, 3.8) is 0 Å². The second-order valence-electron chi connectivity index (χ2n) is 4.89. The maximum absolute atomic E-state index is 7.89. The quantitative estimate of drug-likeness (QED) is 0.639. The summed E-state index contributed by atoms with van der Waals surface area (Å²) in [5.74, 6) is 0.868. The number of pyridine rings is 1. The number of para-hydroxylation sites is 1. The minimum Gasteiger partial charge on any atom is -0.494 e. The van der Waals surface area contributed by atoms with Gasteiger partial charge in [-0.2, -0.15) is 0 Å². The van der Waals surface area contributed by atoms with Crippen LogP contribution in [0.3, 0.4) is 0 Å². The number of amidine groups is 1. The van der Waals surface area contributed by atoms with Gasteiger partial charge in [-0.25, -0.2) is 4.98 Å². The van der Waals surface area contributed by atoms with E-state index in [1.807, 2.05) is 18.2 Å². The molecule has 0 radical (unpaired) electrons. The molecule has 4 nitrogen and oxygen atoms in total. The molecule has 1 heterocycles. The topological polar surface area (TPSA) is 72.0 Å². The Bertz CT molecular complexity index is 664. The number of aromatic nitrogens is 1. The van der Waals surface area contributed by atoms with Crippen LogP contribution in [-0.4, -0.2) is 17.9 Å². The molecule has 98 valence electrons. The van der Waals surface area contributed by atoms with E-state index in [4.69, 9.17) is 20.9 Å². The van der Waals surface area contributed by atoms with E-state index >= 15 is 0 Å². The first-order valence-electron chi connectivity index (χ1n) is 6.55. The number of methoxy groups -OCH3 is 1. The van der Waals surface area contributed by atoms with Crippen molar-refractivity contribution in [2.24, 2.45) is 5.73 Å². The summed E-state index contributed by atoms with van der Waals surface area (Å²) in [7, 11) is 1.64. The molecule has 0 bridgehead atoms. The van der Waals surface area contributed by atoms with Gasteiger partial charge in [0.1, 0.15) is 17.1 Å². The molecule has 0 fully saturated rings. The average molecular weight is 255 g/mol. The molecule has 1 aromatic heterocycles. The molecule has 19 heavy (non-hydrogen) atoms. The van der Waals surface area contributed by atoms with Gasteiger partial charge in [-0.1, -0.05) is 12.1 Å². The summed E-state index contributed by atoms with van der Waals surface area (Å²) in [4.78, 5) is 4.75. The molecule has 0 amide bonds. The second kappa shape index (κ2) is 4.53. The lowest BCUT2D eigenvalue weighted by molar-refractivity contribution is 0.418.